The number of rotatable bonds is 1. The maximum Gasteiger partial charge on any atom is 0.267 e. The van der Waals surface area contributed by atoms with Crippen LogP contribution in [0.2, 0.25) is 0 Å². The first-order valence-corrected chi connectivity index (χ1v) is 6.46. The molecule has 0 spiro atoms. The van der Waals surface area contributed by atoms with Gasteiger partial charge in [-0.1, -0.05) is 38.2 Å². The number of fused-ring (bicyclic) bond motifs is 2. The second-order valence-corrected chi connectivity index (χ2v) is 5.06. The van der Waals surface area contributed by atoms with Gasteiger partial charge in [-0.15, -0.1) is 0 Å². The van der Waals surface area contributed by atoms with Gasteiger partial charge in [-0.3, -0.25) is 9.78 Å². The summed E-state index contributed by atoms with van der Waals surface area (Å²) in [5, 5.41) is 0. The van der Waals surface area contributed by atoms with Crippen LogP contribution >= 0.6 is 0 Å². The van der Waals surface area contributed by atoms with Crippen molar-refractivity contribution in [3.05, 3.63) is 30.1 Å². The molecule has 2 aliphatic carbocycles. The second kappa shape index (κ2) is 5.80. The molecule has 2 fully saturated rings. The highest BCUT2D eigenvalue weighted by Crippen LogP contribution is 2.41. The van der Waals surface area contributed by atoms with E-state index in [4.69, 9.17) is 5.73 Å². The van der Waals surface area contributed by atoms with Gasteiger partial charge in [-0.05, 0) is 30.4 Å². The summed E-state index contributed by atoms with van der Waals surface area (Å²) in [7, 11) is 0. The second-order valence-electron chi connectivity index (χ2n) is 5.06. The van der Waals surface area contributed by atoms with Crippen molar-refractivity contribution in [2.45, 2.75) is 38.5 Å². The maximum absolute atomic E-state index is 10.4. The van der Waals surface area contributed by atoms with Crippen LogP contribution in [0.25, 0.3) is 0 Å². The summed E-state index contributed by atoms with van der Waals surface area (Å²) in [5.74, 6) is 1.83. The minimum atomic E-state index is -0.490. The van der Waals surface area contributed by atoms with E-state index in [-0.39, 0.29) is 0 Å². The Morgan fingerprint density at radius 1 is 1.18 bits per heavy atom. The summed E-state index contributed by atoms with van der Waals surface area (Å²) in [6, 6.07) is 5.02. The molecule has 1 aromatic heterocycles. The van der Waals surface area contributed by atoms with Crippen molar-refractivity contribution in [2.24, 2.45) is 17.6 Å². The number of hydrogen-bond donors (Lipinski definition) is 1. The molecule has 3 heteroatoms. The minimum absolute atomic E-state index is 0.303. The molecule has 0 aromatic carbocycles. The van der Waals surface area contributed by atoms with Gasteiger partial charge in [0.25, 0.3) is 5.91 Å². The van der Waals surface area contributed by atoms with E-state index >= 15 is 0 Å². The first kappa shape index (κ1) is 12.1. The van der Waals surface area contributed by atoms with Crippen LogP contribution in [0.3, 0.4) is 0 Å². The number of carbonyl (C=O) groups excluding carboxylic acids is 1. The molecule has 0 saturated heterocycles. The van der Waals surface area contributed by atoms with Gasteiger partial charge >= 0.3 is 0 Å². The third-order valence-electron chi connectivity index (χ3n) is 3.79. The van der Waals surface area contributed by atoms with Crippen molar-refractivity contribution in [3.8, 4) is 0 Å². The number of pyridine rings is 1. The molecule has 1 heterocycles. The zero-order valence-corrected chi connectivity index (χ0v) is 10.1. The van der Waals surface area contributed by atoms with Gasteiger partial charge in [0.15, 0.2) is 0 Å². The van der Waals surface area contributed by atoms with Crippen LogP contribution in [-0.4, -0.2) is 10.9 Å². The largest absolute Gasteiger partial charge is 0.364 e. The molecule has 2 saturated carbocycles. The third-order valence-corrected chi connectivity index (χ3v) is 3.79. The summed E-state index contributed by atoms with van der Waals surface area (Å²) >= 11 is 0. The lowest BCUT2D eigenvalue weighted by Gasteiger charge is -2.16. The van der Waals surface area contributed by atoms with Crippen LogP contribution in [0, 0.1) is 11.8 Å². The van der Waals surface area contributed by atoms with Crippen molar-refractivity contribution in [1.82, 2.24) is 4.98 Å². The van der Waals surface area contributed by atoms with Gasteiger partial charge < -0.3 is 5.73 Å². The molecule has 17 heavy (non-hydrogen) atoms. The van der Waals surface area contributed by atoms with Gasteiger partial charge in [0, 0.05) is 6.20 Å². The van der Waals surface area contributed by atoms with Crippen LogP contribution < -0.4 is 5.73 Å². The van der Waals surface area contributed by atoms with Crippen molar-refractivity contribution in [3.63, 3.8) is 0 Å². The Labute approximate surface area is 102 Å². The van der Waals surface area contributed by atoms with E-state index < -0.39 is 5.91 Å². The fourth-order valence-electron chi connectivity index (χ4n) is 2.91. The third kappa shape index (κ3) is 3.55. The SMILES string of the molecule is C1CC2CCC(C1)C2.NC(=O)c1ccccn1. The smallest absolute Gasteiger partial charge is 0.267 e. The van der Waals surface area contributed by atoms with E-state index in [1.807, 2.05) is 0 Å². The molecule has 2 aliphatic rings. The van der Waals surface area contributed by atoms with E-state index in [0.29, 0.717) is 5.69 Å². The molecule has 2 atom stereocenters. The zero-order chi connectivity index (χ0) is 12.1. The molecule has 92 valence electrons. The van der Waals surface area contributed by atoms with Gasteiger partial charge in [0.05, 0.1) is 0 Å². The van der Waals surface area contributed by atoms with Crippen LogP contribution in [-0.2, 0) is 0 Å². The van der Waals surface area contributed by atoms with Gasteiger partial charge in [-0.25, -0.2) is 0 Å². The van der Waals surface area contributed by atoms with Gasteiger partial charge in [-0.2, -0.15) is 0 Å². The lowest BCUT2D eigenvalue weighted by molar-refractivity contribution is 0.0995. The number of amides is 1. The monoisotopic (exact) mass is 232 g/mol. The minimum Gasteiger partial charge on any atom is -0.364 e. The number of hydrogen-bond acceptors (Lipinski definition) is 2. The zero-order valence-electron chi connectivity index (χ0n) is 10.1. The summed E-state index contributed by atoms with van der Waals surface area (Å²) in [6.07, 6.45) is 10.9. The lowest BCUT2D eigenvalue weighted by atomic mass is 9.89. The van der Waals surface area contributed by atoms with E-state index in [1.165, 1.54) is 12.6 Å². The molecule has 1 amide bonds. The Morgan fingerprint density at radius 3 is 2.29 bits per heavy atom. The average Bonchev–Trinajstić information content (AvgIpc) is 2.70. The predicted molar refractivity (Wildman–Crippen MR) is 67.4 cm³/mol. The molecular formula is C14H20N2O. The molecule has 2 N–H and O–H groups in total. The molecule has 2 unspecified atom stereocenters. The van der Waals surface area contributed by atoms with E-state index in [9.17, 15) is 4.79 Å². The van der Waals surface area contributed by atoms with Gasteiger partial charge in [0.2, 0.25) is 0 Å². The van der Waals surface area contributed by atoms with Crippen LogP contribution in [0.15, 0.2) is 24.4 Å². The van der Waals surface area contributed by atoms with Crippen molar-refractivity contribution < 1.29 is 4.79 Å². The molecule has 3 rings (SSSR count). The molecule has 0 radical (unpaired) electrons. The van der Waals surface area contributed by atoms with Gasteiger partial charge in [0.1, 0.15) is 5.69 Å². The Bertz CT molecular complexity index is 350. The normalized spacial score (nSPS) is 25.9. The fraction of sp³-hybridized carbons (Fsp3) is 0.571. The summed E-state index contributed by atoms with van der Waals surface area (Å²) in [6.45, 7) is 0. The molecule has 0 aliphatic heterocycles. The Morgan fingerprint density at radius 2 is 1.88 bits per heavy atom. The van der Waals surface area contributed by atoms with Crippen molar-refractivity contribution >= 4 is 5.91 Å². The molecule has 2 bridgehead atoms. The summed E-state index contributed by atoms with van der Waals surface area (Å²) < 4.78 is 0. The first-order valence-electron chi connectivity index (χ1n) is 6.46. The number of aromatic nitrogens is 1. The quantitative estimate of drug-likeness (QED) is 0.809. The van der Waals surface area contributed by atoms with Crippen LogP contribution in [0.4, 0.5) is 0 Å². The maximum atomic E-state index is 10.4. The molecule has 1 aromatic rings. The predicted octanol–water partition coefficient (Wildman–Crippen LogP) is 2.77. The number of carbonyl (C=O) groups is 1. The van der Waals surface area contributed by atoms with Crippen molar-refractivity contribution in [2.75, 3.05) is 0 Å². The first-order chi connectivity index (χ1) is 8.25. The lowest BCUT2D eigenvalue weighted by Crippen LogP contribution is -2.12. The fourth-order valence-corrected chi connectivity index (χ4v) is 2.91. The topological polar surface area (TPSA) is 56.0 Å². The Balaban J connectivity index is 0.000000127. The van der Waals surface area contributed by atoms with E-state index in [2.05, 4.69) is 4.98 Å². The highest BCUT2D eigenvalue weighted by molar-refractivity contribution is 5.90. The number of nitrogens with two attached hydrogens (primary N) is 1. The van der Waals surface area contributed by atoms with E-state index in [0.717, 1.165) is 11.8 Å². The summed E-state index contributed by atoms with van der Waals surface area (Å²) in [5.41, 5.74) is 5.22. The highest BCUT2D eigenvalue weighted by Gasteiger charge is 2.27. The highest BCUT2D eigenvalue weighted by atomic mass is 16.1. The summed E-state index contributed by atoms with van der Waals surface area (Å²) in [4.78, 5) is 14.1. The standard InChI is InChI=1S/C8H14.C6H6N2O/c1-2-7-4-5-8(3-1)6-7;7-6(9)5-3-1-2-4-8-5/h7-8H,1-6H2;1-4H,(H2,7,9). The number of nitrogens with zero attached hydrogens (tertiary/aromatic N) is 1. The Kier molecular flexibility index (Phi) is 4.13. The number of primary amides is 1. The van der Waals surface area contributed by atoms with Crippen molar-refractivity contribution in [1.29, 1.82) is 0 Å². The molecule has 3 nitrogen and oxygen atoms in total. The van der Waals surface area contributed by atoms with Crippen LogP contribution in [0.5, 0.6) is 0 Å². The van der Waals surface area contributed by atoms with Crippen LogP contribution in [0.1, 0.15) is 49.0 Å². The van der Waals surface area contributed by atoms with E-state index in [1.54, 1.807) is 50.3 Å². The molecular weight excluding hydrogens is 212 g/mol. The average molecular weight is 232 g/mol. The Hall–Kier alpha value is -1.38.